The molecule has 0 aromatic heterocycles. The first-order valence-electron chi connectivity index (χ1n) is 6.94. The average Bonchev–Trinajstić information content (AvgIpc) is 2.73. The second-order valence-electron chi connectivity index (χ2n) is 5.14. The number of hydrogen-bond donors (Lipinski definition) is 0. The minimum Gasteiger partial charge on any atom is -0.373 e. The van der Waals surface area contributed by atoms with Crippen LogP contribution in [0.2, 0.25) is 0 Å². The largest absolute Gasteiger partial charge is 0.373 e. The molecular formula is C16H16N2O3S. The molecule has 0 atom stereocenters. The zero-order valence-corrected chi connectivity index (χ0v) is 13.0. The summed E-state index contributed by atoms with van der Waals surface area (Å²) in [5, 5.41) is 0. The summed E-state index contributed by atoms with van der Waals surface area (Å²) in [6.07, 6.45) is 0. The van der Waals surface area contributed by atoms with Gasteiger partial charge in [-0.25, -0.2) is 12.7 Å². The highest BCUT2D eigenvalue weighted by atomic mass is 32.2. The van der Waals surface area contributed by atoms with Gasteiger partial charge in [0.25, 0.3) is 15.9 Å². The summed E-state index contributed by atoms with van der Waals surface area (Å²) in [6.45, 7) is 0.560. The summed E-state index contributed by atoms with van der Waals surface area (Å²) in [5.74, 6) is -0.447. The van der Waals surface area contributed by atoms with E-state index in [0.717, 1.165) is 9.99 Å². The monoisotopic (exact) mass is 316 g/mol. The highest BCUT2D eigenvalue weighted by molar-refractivity contribution is 7.90. The topological polar surface area (TPSA) is 57.7 Å². The van der Waals surface area contributed by atoms with Gasteiger partial charge in [0, 0.05) is 19.3 Å². The summed E-state index contributed by atoms with van der Waals surface area (Å²) in [5.41, 5.74) is 1.23. The molecule has 6 heteroatoms. The summed E-state index contributed by atoms with van der Waals surface area (Å²) in [4.78, 5) is 14.3. The van der Waals surface area contributed by atoms with Crippen LogP contribution in [0.4, 0.5) is 5.69 Å². The molecule has 0 fully saturated rings. The van der Waals surface area contributed by atoms with Gasteiger partial charge in [0.05, 0.1) is 12.1 Å². The number of hydrogen-bond acceptors (Lipinski definition) is 4. The number of rotatable bonds is 4. The van der Waals surface area contributed by atoms with Gasteiger partial charge in [-0.15, -0.1) is 0 Å². The van der Waals surface area contributed by atoms with Gasteiger partial charge < -0.3 is 4.90 Å². The number of para-hydroxylation sites is 1. The van der Waals surface area contributed by atoms with Gasteiger partial charge in [-0.05, 0) is 24.3 Å². The lowest BCUT2D eigenvalue weighted by atomic mass is 10.2. The fraction of sp³-hybridized carbons (Fsp3) is 0.188. The fourth-order valence-electron chi connectivity index (χ4n) is 2.50. The lowest BCUT2D eigenvalue weighted by Crippen LogP contribution is -2.37. The standard InChI is InChI=1S/C16H16N2O3S/c1-17(13-7-3-2-4-8-13)11-12-18-16(19)14-9-5-6-10-15(14)22(18,20)21/h2-10H,11-12H2,1H3. The first-order valence-corrected chi connectivity index (χ1v) is 8.38. The molecule has 1 aliphatic rings. The van der Waals surface area contributed by atoms with Crippen LogP contribution in [0, 0.1) is 0 Å². The third-order valence-corrected chi connectivity index (χ3v) is 5.59. The number of carbonyl (C=O) groups is 1. The normalized spacial score (nSPS) is 15.7. The number of benzene rings is 2. The van der Waals surface area contributed by atoms with Crippen LogP contribution in [-0.2, 0) is 10.0 Å². The lowest BCUT2D eigenvalue weighted by Gasteiger charge is -2.22. The van der Waals surface area contributed by atoms with E-state index in [2.05, 4.69) is 0 Å². The Morgan fingerprint density at radius 3 is 2.32 bits per heavy atom. The van der Waals surface area contributed by atoms with Crippen molar-refractivity contribution in [1.29, 1.82) is 0 Å². The Kier molecular flexibility index (Phi) is 3.62. The predicted octanol–water partition coefficient (Wildman–Crippen LogP) is 1.97. The van der Waals surface area contributed by atoms with E-state index in [1.807, 2.05) is 42.3 Å². The molecule has 1 heterocycles. The van der Waals surface area contributed by atoms with Gasteiger partial charge in [0.1, 0.15) is 4.90 Å². The molecule has 3 rings (SSSR count). The van der Waals surface area contributed by atoms with Crippen molar-refractivity contribution in [3.8, 4) is 0 Å². The zero-order chi connectivity index (χ0) is 15.7. The van der Waals surface area contributed by atoms with Crippen LogP contribution in [0.3, 0.4) is 0 Å². The van der Waals surface area contributed by atoms with Gasteiger partial charge in [-0.1, -0.05) is 30.3 Å². The number of carbonyl (C=O) groups excluding carboxylic acids is 1. The van der Waals surface area contributed by atoms with Crippen LogP contribution in [-0.4, -0.2) is 38.8 Å². The molecule has 0 saturated carbocycles. The molecule has 0 bridgehead atoms. The Labute approximate surface area is 129 Å². The summed E-state index contributed by atoms with van der Waals surface area (Å²) >= 11 is 0. The second-order valence-corrected chi connectivity index (χ2v) is 6.97. The van der Waals surface area contributed by atoms with E-state index in [9.17, 15) is 13.2 Å². The van der Waals surface area contributed by atoms with Gasteiger partial charge in [-0.2, -0.15) is 0 Å². The van der Waals surface area contributed by atoms with Gasteiger partial charge in [0.2, 0.25) is 0 Å². The highest BCUT2D eigenvalue weighted by Crippen LogP contribution is 2.29. The van der Waals surface area contributed by atoms with Gasteiger partial charge >= 0.3 is 0 Å². The third-order valence-electron chi connectivity index (χ3n) is 3.75. The molecule has 22 heavy (non-hydrogen) atoms. The maximum atomic E-state index is 12.4. The molecular weight excluding hydrogens is 300 g/mol. The maximum Gasteiger partial charge on any atom is 0.269 e. The molecule has 5 nitrogen and oxygen atoms in total. The summed E-state index contributed by atoms with van der Waals surface area (Å²) in [6, 6.07) is 16.0. The average molecular weight is 316 g/mol. The lowest BCUT2D eigenvalue weighted by molar-refractivity contribution is 0.0873. The van der Waals surface area contributed by atoms with Crippen molar-refractivity contribution < 1.29 is 13.2 Å². The fourth-order valence-corrected chi connectivity index (χ4v) is 4.06. The van der Waals surface area contributed by atoms with E-state index in [-0.39, 0.29) is 17.0 Å². The molecule has 1 aliphatic heterocycles. The Balaban J connectivity index is 1.79. The van der Waals surface area contributed by atoms with Crippen molar-refractivity contribution >= 4 is 21.6 Å². The van der Waals surface area contributed by atoms with E-state index < -0.39 is 15.9 Å². The van der Waals surface area contributed by atoms with Crippen molar-refractivity contribution in [3.05, 3.63) is 60.2 Å². The second kappa shape index (κ2) is 5.46. The molecule has 0 radical (unpaired) electrons. The van der Waals surface area contributed by atoms with Crippen LogP contribution in [0.5, 0.6) is 0 Å². The number of fused-ring (bicyclic) bond motifs is 1. The molecule has 2 aromatic rings. The molecule has 0 saturated heterocycles. The Hall–Kier alpha value is -2.34. The van der Waals surface area contributed by atoms with Gasteiger partial charge in [0.15, 0.2) is 0 Å². The van der Waals surface area contributed by atoms with Crippen LogP contribution in [0.1, 0.15) is 10.4 Å². The first-order chi connectivity index (χ1) is 10.5. The minimum atomic E-state index is -3.72. The number of sulfonamides is 1. The Bertz CT molecular complexity index is 803. The van der Waals surface area contributed by atoms with Crippen molar-refractivity contribution in [2.24, 2.45) is 0 Å². The Morgan fingerprint density at radius 1 is 1.00 bits per heavy atom. The van der Waals surface area contributed by atoms with Gasteiger partial charge in [-0.3, -0.25) is 4.79 Å². The zero-order valence-electron chi connectivity index (χ0n) is 12.1. The van der Waals surface area contributed by atoms with Crippen LogP contribution in [0.15, 0.2) is 59.5 Å². The van der Waals surface area contributed by atoms with E-state index in [1.54, 1.807) is 18.2 Å². The van der Waals surface area contributed by atoms with E-state index in [1.165, 1.54) is 6.07 Å². The van der Waals surface area contributed by atoms with Crippen molar-refractivity contribution in [3.63, 3.8) is 0 Å². The van der Waals surface area contributed by atoms with Crippen molar-refractivity contribution in [1.82, 2.24) is 4.31 Å². The van der Waals surface area contributed by atoms with E-state index >= 15 is 0 Å². The van der Waals surface area contributed by atoms with Crippen LogP contribution < -0.4 is 4.90 Å². The quantitative estimate of drug-likeness (QED) is 0.865. The van der Waals surface area contributed by atoms with Crippen molar-refractivity contribution in [2.75, 3.05) is 25.0 Å². The SMILES string of the molecule is CN(CCN1C(=O)c2ccccc2S1(=O)=O)c1ccccc1. The molecule has 2 aromatic carbocycles. The van der Waals surface area contributed by atoms with E-state index in [0.29, 0.717) is 6.54 Å². The molecule has 0 spiro atoms. The smallest absolute Gasteiger partial charge is 0.269 e. The number of nitrogens with zero attached hydrogens (tertiary/aromatic N) is 2. The maximum absolute atomic E-state index is 12.4. The predicted molar refractivity (Wildman–Crippen MR) is 84.4 cm³/mol. The Morgan fingerprint density at radius 2 is 1.64 bits per heavy atom. The molecule has 114 valence electrons. The number of amides is 1. The molecule has 0 unspecified atom stereocenters. The highest BCUT2D eigenvalue weighted by Gasteiger charge is 2.40. The number of likely N-dealkylation sites (N-methyl/N-ethyl adjacent to an activating group) is 1. The van der Waals surface area contributed by atoms with E-state index in [4.69, 9.17) is 0 Å². The van der Waals surface area contributed by atoms with Crippen molar-refractivity contribution in [2.45, 2.75) is 4.90 Å². The van der Waals surface area contributed by atoms with Crippen LogP contribution >= 0.6 is 0 Å². The summed E-state index contributed by atoms with van der Waals surface area (Å²) in [7, 11) is -1.85. The summed E-state index contributed by atoms with van der Waals surface area (Å²) < 4.78 is 25.8. The number of anilines is 1. The third kappa shape index (κ3) is 2.35. The minimum absolute atomic E-state index is 0.0994. The molecule has 1 amide bonds. The molecule has 0 N–H and O–H groups in total. The molecule has 0 aliphatic carbocycles. The van der Waals surface area contributed by atoms with Crippen LogP contribution in [0.25, 0.3) is 0 Å². The first kappa shape index (κ1) is 14.6.